The number of nitriles is 2. The first-order valence-electron chi connectivity index (χ1n) is 20.4. The predicted octanol–water partition coefficient (Wildman–Crippen LogP) is 3.65. The molecule has 23 nitrogen and oxygen atoms in total. The number of carbonyl (C=O) groups excluding carboxylic acids is 3. The van der Waals surface area contributed by atoms with Crippen molar-refractivity contribution in [1.82, 2.24) is 30.0 Å². The number of imide groups is 1. The van der Waals surface area contributed by atoms with Gasteiger partial charge in [-0.05, 0) is 87.8 Å². The maximum Gasteiger partial charge on any atom is 1.00 e. The Bertz CT molecular complexity index is 3000. The van der Waals surface area contributed by atoms with Crippen molar-refractivity contribution < 1.29 is 82.6 Å². The van der Waals surface area contributed by atoms with Gasteiger partial charge < -0.3 is 38.7 Å². The number of aromatic nitrogens is 5. The van der Waals surface area contributed by atoms with E-state index >= 15 is 0 Å². The number of carboxylic acids is 2. The summed E-state index contributed by atoms with van der Waals surface area (Å²) >= 11 is 25.3. The molecule has 5 aromatic rings. The zero-order chi connectivity index (χ0) is 52.5. The summed E-state index contributed by atoms with van der Waals surface area (Å²) in [6.45, 7) is 3.69. The third-order valence-electron chi connectivity index (χ3n) is 8.84. The fraction of sp³-hybridized carbons (Fsp3) is 0.273. The van der Waals surface area contributed by atoms with Crippen LogP contribution >= 0.6 is 46.4 Å². The summed E-state index contributed by atoms with van der Waals surface area (Å²) in [5, 5.41) is 44.2. The SMILES string of the molecule is CC(=O)O.CC(=O)[O-].CCOC(=O)NC(=O)/C(C#N)=N\Nc1cc(Cl)c(Oc2cnc(OC)c(C3CC3)c2)c(Cl)c1.COc1ncc(Oc2c(Cl)cc(-n3nc(C#N)c(=O)[nH]c3=O)cc2Cl)cc1C1CC1.[Na+]. The quantitative estimate of drug-likeness (QED) is 0.0742. The number of benzene rings is 2. The molecule has 0 unspecified atom stereocenters. The minimum Gasteiger partial charge on any atom is -0.550 e. The Morgan fingerprint density at radius 2 is 1.29 bits per heavy atom. The molecular weight excluding hydrogens is 1040 g/mol. The van der Waals surface area contributed by atoms with E-state index in [2.05, 4.69) is 30.3 Å². The van der Waals surface area contributed by atoms with Gasteiger partial charge in [-0.1, -0.05) is 46.4 Å². The Hall–Kier alpha value is -6.96. The molecule has 4 N–H and O–H groups in total. The van der Waals surface area contributed by atoms with Gasteiger partial charge in [-0.2, -0.15) is 20.3 Å². The van der Waals surface area contributed by atoms with Crippen molar-refractivity contribution in [1.29, 1.82) is 10.5 Å². The standard InChI is InChI=1S/C21H19Cl2N5O5.C19H13Cl2N5O4.2C2H4O2.Na/c1-3-32-21(30)26-19(29)17(9-24)28-27-12-6-15(22)18(16(23)7-12)33-13-8-14(11-4-5-11)20(31-2)25-10-13;1-29-18-12(9-2-3-9)6-11(8-23-18)30-16-13(20)4-10(5-14(16)21)26-19(28)24-17(27)15(7-22)25-26;2*1-2(3)4;/h6-8,10-11,27H,3-5H2,1-2H3,(H,26,29,30);4-6,8-9H,2-3H2,1H3,(H,24,27,28);2*1H3,(H,3,4);/q;;;;+1/p-1/b28-17-;;;;. The molecule has 2 aromatic carbocycles. The number of alkyl carbamates (subject to hydrolysis) is 1. The Balaban J connectivity index is 0.000000328. The minimum atomic E-state index is -1.08. The van der Waals surface area contributed by atoms with Gasteiger partial charge in [-0.25, -0.2) is 19.6 Å². The number of nitrogens with zero attached hydrogens (tertiary/aromatic N) is 7. The van der Waals surface area contributed by atoms with E-state index in [0.29, 0.717) is 35.1 Å². The Morgan fingerprint density at radius 1 is 0.847 bits per heavy atom. The molecule has 2 amide bonds. The molecule has 3 aromatic heterocycles. The van der Waals surface area contributed by atoms with Gasteiger partial charge in [0.1, 0.15) is 23.6 Å². The average Bonchev–Trinajstić information content (AvgIpc) is 4.24. The number of H-pyrrole nitrogens is 1. The summed E-state index contributed by atoms with van der Waals surface area (Å²) in [5.74, 6) is 0.172. The van der Waals surface area contributed by atoms with Crippen LogP contribution in [0.3, 0.4) is 0 Å². The van der Waals surface area contributed by atoms with E-state index < -0.39 is 46.6 Å². The van der Waals surface area contributed by atoms with Crippen molar-refractivity contribution in [3.63, 3.8) is 0 Å². The van der Waals surface area contributed by atoms with Crippen molar-refractivity contribution in [2.45, 2.75) is 58.3 Å². The number of hydrazone groups is 1. The van der Waals surface area contributed by atoms with E-state index in [4.69, 9.17) is 95.7 Å². The topological polar surface area (TPSA) is 335 Å². The van der Waals surface area contributed by atoms with Gasteiger partial charge in [0, 0.05) is 24.0 Å². The van der Waals surface area contributed by atoms with E-state index in [1.165, 1.54) is 36.7 Å². The number of carbonyl (C=O) groups is 4. The number of anilines is 1. The molecule has 0 aliphatic heterocycles. The Labute approximate surface area is 450 Å². The smallest absolute Gasteiger partial charge is 0.550 e. The van der Waals surface area contributed by atoms with E-state index in [9.17, 15) is 19.2 Å². The second kappa shape index (κ2) is 28.2. The minimum absolute atomic E-state index is 0. The van der Waals surface area contributed by atoms with Crippen LogP contribution in [0.4, 0.5) is 10.5 Å². The first kappa shape index (κ1) is 59.3. The van der Waals surface area contributed by atoms with Gasteiger partial charge in [-0.3, -0.25) is 30.1 Å². The molecule has 2 fully saturated rings. The van der Waals surface area contributed by atoms with Crippen LogP contribution in [-0.4, -0.2) is 80.3 Å². The van der Waals surface area contributed by atoms with Gasteiger partial charge in [0.05, 0.1) is 64.7 Å². The number of pyridine rings is 2. The number of nitrogens with one attached hydrogen (secondary N) is 3. The van der Waals surface area contributed by atoms with E-state index in [-0.39, 0.29) is 79.1 Å². The van der Waals surface area contributed by atoms with Crippen molar-refractivity contribution in [2.75, 3.05) is 26.3 Å². The van der Waals surface area contributed by atoms with Crippen LogP contribution in [0.25, 0.3) is 5.69 Å². The third-order valence-corrected chi connectivity index (χ3v) is 9.96. The number of halogens is 4. The molecule has 3 heterocycles. The van der Waals surface area contributed by atoms with Crippen LogP contribution in [0.15, 0.2) is 63.5 Å². The van der Waals surface area contributed by atoms with Crippen LogP contribution in [0.1, 0.15) is 75.1 Å². The maximum absolute atomic E-state index is 12.1. The van der Waals surface area contributed by atoms with E-state index in [1.807, 2.05) is 22.4 Å². The van der Waals surface area contributed by atoms with Crippen LogP contribution in [0.5, 0.6) is 34.8 Å². The fourth-order valence-corrected chi connectivity index (χ4v) is 6.78. The zero-order valence-electron chi connectivity index (χ0n) is 38.8. The number of methoxy groups -OCH3 is 2. The van der Waals surface area contributed by atoms with Crippen molar-refractivity contribution in [3.05, 3.63) is 107 Å². The summed E-state index contributed by atoms with van der Waals surface area (Å²) in [6, 6.07) is 12.5. The van der Waals surface area contributed by atoms with Crippen molar-refractivity contribution in [3.8, 4) is 52.6 Å². The number of amides is 2. The largest absolute Gasteiger partial charge is 1.00 e. The number of aromatic amines is 1. The molecule has 0 bridgehead atoms. The van der Waals surface area contributed by atoms with Gasteiger partial charge >= 0.3 is 41.3 Å². The molecule has 7 rings (SSSR count). The predicted molar refractivity (Wildman–Crippen MR) is 253 cm³/mol. The van der Waals surface area contributed by atoms with Gasteiger partial charge in [0.15, 0.2) is 11.5 Å². The summed E-state index contributed by atoms with van der Waals surface area (Å²) in [5.41, 5.74) is 2.05. The summed E-state index contributed by atoms with van der Waals surface area (Å²) in [6.07, 6.45) is 6.26. The normalized spacial score (nSPS) is 12.1. The Kier molecular flexibility index (Phi) is 23.2. The second-order valence-electron chi connectivity index (χ2n) is 14.3. The molecule has 0 atom stereocenters. The molecule has 0 saturated heterocycles. The first-order chi connectivity index (χ1) is 33.7. The molecule has 372 valence electrons. The molecule has 28 heteroatoms. The van der Waals surface area contributed by atoms with Gasteiger partial charge in [0.2, 0.25) is 23.2 Å². The molecule has 0 spiro atoms. The fourth-order valence-electron chi connectivity index (χ4n) is 5.66. The molecule has 2 aliphatic carbocycles. The number of hydrogen-bond acceptors (Lipinski definition) is 19. The van der Waals surface area contributed by atoms with E-state index in [0.717, 1.165) is 55.3 Å². The van der Waals surface area contributed by atoms with Crippen molar-refractivity contribution in [2.24, 2.45) is 5.10 Å². The van der Waals surface area contributed by atoms with E-state index in [1.54, 1.807) is 33.3 Å². The molecule has 72 heavy (non-hydrogen) atoms. The molecule has 2 aliphatic rings. The van der Waals surface area contributed by atoms with Crippen molar-refractivity contribution >= 4 is 81.7 Å². The number of ether oxygens (including phenoxy) is 5. The molecule has 2 saturated carbocycles. The zero-order valence-corrected chi connectivity index (χ0v) is 43.8. The third kappa shape index (κ3) is 17.7. The summed E-state index contributed by atoms with van der Waals surface area (Å²) < 4.78 is 27.7. The van der Waals surface area contributed by atoms with Gasteiger partial charge in [0.25, 0.3) is 17.4 Å². The monoisotopic (exact) mass is 1080 g/mol. The summed E-state index contributed by atoms with van der Waals surface area (Å²) in [7, 11) is 3.13. The second-order valence-corrected chi connectivity index (χ2v) is 15.9. The van der Waals surface area contributed by atoms with Crippen LogP contribution < -0.4 is 75.6 Å². The summed E-state index contributed by atoms with van der Waals surface area (Å²) in [4.78, 5) is 75.3. The number of carboxylic acid groups (broad SMARTS) is 2. The van der Waals surface area contributed by atoms with Crippen LogP contribution in [0, 0.1) is 22.7 Å². The van der Waals surface area contributed by atoms with Crippen LogP contribution in [-0.2, 0) is 19.1 Å². The maximum atomic E-state index is 12.1. The van der Waals surface area contributed by atoms with Crippen LogP contribution in [0.2, 0.25) is 20.1 Å². The molecule has 0 radical (unpaired) electrons. The first-order valence-corrected chi connectivity index (χ1v) is 21.9. The average molecular weight is 1080 g/mol. The number of rotatable bonds is 13. The molecular formula is C44H39Cl4N10NaO13. The number of aliphatic carboxylic acids is 2. The number of hydrogen-bond donors (Lipinski definition) is 4. The van der Waals surface area contributed by atoms with Gasteiger partial charge in [-0.15, -0.1) is 5.10 Å². The Morgan fingerprint density at radius 3 is 1.68 bits per heavy atom.